The molecule has 1 N–H and O–H groups in total. The van der Waals surface area contributed by atoms with Gasteiger partial charge in [0, 0.05) is 13.5 Å². The van der Waals surface area contributed by atoms with E-state index in [1.54, 1.807) is 6.08 Å². The highest BCUT2D eigenvalue weighted by Crippen LogP contribution is 2.13. The maximum absolute atomic E-state index is 12.5. The van der Waals surface area contributed by atoms with Crippen molar-refractivity contribution in [1.29, 1.82) is 0 Å². The maximum Gasteiger partial charge on any atom is 0.321 e. The molecule has 0 aromatic heterocycles. The van der Waals surface area contributed by atoms with Gasteiger partial charge in [-0.2, -0.15) is 8.78 Å². The van der Waals surface area contributed by atoms with Crippen LogP contribution in [0, 0.1) is 0 Å². The van der Waals surface area contributed by atoms with Crippen LogP contribution in [0.2, 0.25) is 0 Å². The Hall–Kier alpha value is -1.91. The third-order valence-corrected chi connectivity index (χ3v) is 2.64. The monoisotopic (exact) mass is 283 g/mol. The zero-order chi connectivity index (χ0) is 15.0. The first-order chi connectivity index (χ1) is 9.43. The Morgan fingerprint density at radius 1 is 1.35 bits per heavy atom. The van der Waals surface area contributed by atoms with Gasteiger partial charge in [-0.05, 0) is 30.5 Å². The predicted molar refractivity (Wildman–Crippen MR) is 74.9 cm³/mol. The minimum absolute atomic E-state index is 0.223. The smallest absolute Gasteiger partial charge is 0.321 e. The number of carbonyl (C=O) groups excluding carboxylic acids is 1. The number of carbonyl (C=O) groups is 1. The van der Waals surface area contributed by atoms with Gasteiger partial charge in [-0.3, -0.25) is 4.79 Å². The fourth-order valence-corrected chi connectivity index (χ4v) is 1.47. The summed E-state index contributed by atoms with van der Waals surface area (Å²) in [6.07, 6.45) is 3.02. The van der Waals surface area contributed by atoms with Gasteiger partial charge < -0.3 is 10.1 Å². The molecule has 3 nitrogen and oxygen atoms in total. The van der Waals surface area contributed by atoms with Crippen LogP contribution in [0.1, 0.15) is 25.3 Å². The van der Waals surface area contributed by atoms with Crippen LogP contribution in [0.3, 0.4) is 0 Å². The van der Waals surface area contributed by atoms with Gasteiger partial charge in [-0.25, -0.2) is 0 Å². The maximum atomic E-state index is 12.5. The lowest BCUT2D eigenvalue weighted by molar-refractivity contribution is -0.143. The summed E-state index contributed by atoms with van der Waals surface area (Å²) in [5.74, 6) is -3.80. The predicted octanol–water partition coefficient (Wildman–Crippen LogP) is 3.26. The number of hydrogen-bond acceptors (Lipinski definition) is 2. The van der Waals surface area contributed by atoms with Crippen LogP contribution in [0.15, 0.2) is 30.8 Å². The molecule has 1 amide bonds. The van der Waals surface area contributed by atoms with Crippen molar-refractivity contribution in [1.82, 2.24) is 5.32 Å². The van der Waals surface area contributed by atoms with Crippen LogP contribution < -0.4 is 10.1 Å². The summed E-state index contributed by atoms with van der Waals surface area (Å²) in [4.78, 5) is 10.9. The van der Waals surface area contributed by atoms with E-state index in [1.165, 1.54) is 0 Å². The van der Waals surface area contributed by atoms with Crippen molar-refractivity contribution >= 4 is 12.0 Å². The van der Waals surface area contributed by atoms with Crippen LogP contribution in [-0.4, -0.2) is 25.0 Å². The first-order valence-corrected chi connectivity index (χ1v) is 6.45. The minimum Gasteiger partial charge on any atom is -0.494 e. The molecule has 0 aliphatic rings. The van der Waals surface area contributed by atoms with Crippen molar-refractivity contribution in [2.75, 3.05) is 13.2 Å². The van der Waals surface area contributed by atoms with Crippen molar-refractivity contribution in [3.8, 4) is 5.75 Å². The highest BCUT2D eigenvalue weighted by Gasteiger charge is 2.31. The summed E-state index contributed by atoms with van der Waals surface area (Å²) in [5, 5.41) is 2.18. The highest BCUT2D eigenvalue weighted by molar-refractivity contribution is 5.82. The fraction of sp³-hybridized carbons (Fsp3) is 0.400. The van der Waals surface area contributed by atoms with Crippen LogP contribution in [-0.2, 0) is 4.79 Å². The SMILES string of the molecule is C=Cc1ccc(OCCCCNC(=O)C(C)(F)F)cc1. The van der Waals surface area contributed by atoms with E-state index in [1.807, 2.05) is 24.3 Å². The fourth-order valence-electron chi connectivity index (χ4n) is 1.47. The molecular formula is C15H19F2NO2. The van der Waals surface area contributed by atoms with E-state index >= 15 is 0 Å². The third kappa shape index (κ3) is 5.82. The first kappa shape index (κ1) is 16.1. The standard InChI is InChI=1S/C15H19F2NO2/c1-3-12-6-8-13(9-7-12)20-11-5-4-10-18-14(19)15(2,16)17/h3,6-9H,1,4-5,10-11H2,2H3,(H,18,19). The molecule has 5 heteroatoms. The number of alkyl halides is 2. The van der Waals surface area contributed by atoms with E-state index in [0.717, 1.165) is 11.3 Å². The lowest BCUT2D eigenvalue weighted by Crippen LogP contribution is -2.38. The van der Waals surface area contributed by atoms with Gasteiger partial charge in [0.25, 0.3) is 5.91 Å². The van der Waals surface area contributed by atoms with E-state index in [0.29, 0.717) is 26.4 Å². The van der Waals surface area contributed by atoms with E-state index in [2.05, 4.69) is 11.9 Å². The summed E-state index contributed by atoms with van der Waals surface area (Å²) in [5.41, 5.74) is 1.01. The number of rotatable bonds is 8. The molecule has 0 atom stereocenters. The molecule has 0 bridgehead atoms. The number of ether oxygens (including phenoxy) is 1. The molecule has 1 rings (SSSR count). The normalized spacial score (nSPS) is 10.9. The molecule has 0 saturated carbocycles. The van der Waals surface area contributed by atoms with Crippen molar-refractivity contribution in [2.24, 2.45) is 0 Å². The van der Waals surface area contributed by atoms with Crippen molar-refractivity contribution < 1.29 is 18.3 Å². The van der Waals surface area contributed by atoms with E-state index in [-0.39, 0.29) is 6.54 Å². The van der Waals surface area contributed by atoms with Gasteiger partial charge in [0.1, 0.15) is 5.75 Å². The number of nitrogens with one attached hydrogen (secondary N) is 1. The van der Waals surface area contributed by atoms with E-state index in [4.69, 9.17) is 4.74 Å². The van der Waals surface area contributed by atoms with E-state index < -0.39 is 11.8 Å². The zero-order valence-corrected chi connectivity index (χ0v) is 11.5. The van der Waals surface area contributed by atoms with E-state index in [9.17, 15) is 13.6 Å². The van der Waals surface area contributed by atoms with Crippen molar-refractivity contribution in [2.45, 2.75) is 25.7 Å². The van der Waals surface area contributed by atoms with Crippen LogP contribution in [0.5, 0.6) is 5.75 Å². The Bertz CT molecular complexity index is 438. The van der Waals surface area contributed by atoms with Crippen LogP contribution in [0.4, 0.5) is 8.78 Å². The Labute approximate surface area is 117 Å². The third-order valence-electron chi connectivity index (χ3n) is 2.64. The molecule has 0 saturated heterocycles. The molecule has 0 spiro atoms. The van der Waals surface area contributed by atoms with Gasteiger partial charge in [-0.15, -0.1) is 0 Å². The molecule has 110 valence electrons. The highest BCUT2D eigenvalue weighted by atomic mass is 19.3. The van der Waals surface area contributed by atoms with Crippen LogP contribution in [0.25, 0.3) is 6.08 Å². The molecule has 0 aliphatic heterocycles. The van der Waals surface area contributed by atoms with Crippen LogP contribution >= 0.6 is 0 Å². The number of amides is 1. The summed E-state index contributed by atoms with van der Waals surface area (Å²) in [6.45, 7) is 4.94. The molecule has 0 aliphatic carbocycles. The summed E-state index contributed by atoms with van der Waals surface area (Å²) < 4.78 is 30.5. The Balaban J connectivity index is 2.13. The van der Waals surface area contributed by atoms with Gasteiger partial charge in [0.05, 0.1) is 6.61 Å². The molecular weight excluding hydrogens is 264 g/mol. The molecule has 0 unspecified atom stereocenters. The zero-order valence-electron chi connectivity index (χ0n) is 11.5. The number of hydrogen-bond donors (Lipinski definition) is 1. The molecule has 1 aromatic rings. The second-order valence-electron chi connectivity index (χ2n) is 4.47. The van der Waals surface area contributed by atoms with Gasteiger partial charge in [-0.1, -0.05) is 24.8 Å². The Kier molecular flexibility index (Phi) is 6.15. The second kappa shape index (κ2) is 7.62. The summed E-state index contributed by atoms with van der Waals surface area (Å²) in [6, 6.07) is 7.48. The number of unbranched alkanes of at least 4 members (excludes halogenated alkanes) is 1. The van der Waals surface area contributed by atoms with Gasteiger partial charge >= 0.3 is 5.92 Å². The molecule has 20 heavy (non-hydrogen) atoms. The molecule has 0 fully saturated rings. The molecule has 0 heterocycles. The number of halogens is 2. The summed E-state index contributed by atoms with van der Waals surface area (Å²) in [7, 11) is 0. The van der Waals surface area contributed by atoms with Gasteiger partial charge in [0.15, 0.2) is 0 Å². The average molecular weight is 283 g/mol. The van der Waals surface area contributed by atoms with Gasteiger partial charge in [0.2, 0.25) is 0 Å². The number of benzene rings is 1. The first-order valence-electron chi connectivity index (χ1n) is 6.45. The average Bonchev–Trinajstić information content (AvgIpc) is 2.42. The lowest BCUT2D eigenvalue weighted by Gasteiger charge is -2.11. The topological polar surface area (TPSA) is 38.3 Å². The quantitative estimate of drug-likeness (QED) is 0.744. The minimum atomic E-state index is -3.32. The largest absolute Gasteiger partial charge is 0.494 e. The van der Waals surface area contributed by atoms with Crippen molar-refractivity contribution in [3.05, 3.63) is 36.4 Å². The Morgan fingerprint density at radius 2 is 2.00 bits per heavy atom. The summed E-state index contributed by atoms with van der Waals surface area (Å²) >= 11 is 0. The molecule has 1 aromatic carbocycles. The lowest BCUT2D eigenvalue weighted by atomic mass is 10.2. The molecule has 0 radical (unpaired) electrons. The Morgan fingerprint density at radius 3 is 2.55 bits per heavy atom. The second-order valence-corrected chi connectivity index (χ2v) is 4.47. The van der Waals surface area contributed by atoms with Crippen molar-refractivity contribution in [3.63, 3.8) is 0 Å².